The number of hydrogen-bond donors (Lipinski definition) is 3. The smallest absolute Gasteiger partial charge is 0.428 e. The molecule has 0 radical (unpaired) electrons. The Balaban J connectivity index is 2.27. The van der Waals surface area contributed by atoms with Crippen LogP contribution >= 0.6 is 0 Å². The Labute approximate surface area is 242 Å². The van der Waals surface area contributed by atoms with Gasteiger partial charge in [0.2, 0.25) is 0 Å². The zero-order valence-electron chi connectivity index (χ0n) is 23.2. The van der Waals surface area contributed by atoms with Crippen molar-refractivity contribution in [2.75, 3.05) is 6.54 Å². The number of hydrogen-bond acceptors (Lipinski definition) is 4. The zero-order valence-corrected chi connectivity index (χ0v) is 23.2. The number of aliphatic hydroxyl groups is 1. The summed E-state index contributed by atoms with van der Waals surface area (Å²) in [5.41, 5.74) is -1.22. The lowest BCUT2D eigenvalue weighted by molar-refractivity contribution is -0.253. The summed E-state index contributed by atoms with van der Waals surface area (Å²) >= 11 is 0. The van der Waals surface area contributed by atoms with Gasteiger partial charge in [0.1, 0.15) is 17.4 Å². The Kier molecular flexibility index (Phi) is 11.1. The molecule has 0 bridgehead atoms. The third-order valence-electron chi connectivity index (χ3n) is 6.53. The van der Waals surface area contributed by atoms with E-state index >= 15 is 0 Å². The van der Waals surface area contributed by atoms with Crippen LogP contribution in [0.3, 0.4) is 0 Å². The van der Waals surface area contributed by atoms with Crippen molar-refractivity contribution in [3.63, 3.8) is 0 Å². The first-order valence-corrected chi connectivity index (χ1v) is 13.2. The molecule has 0 amide bonds. The van der Waals surface area contributed by atoms with Crippen LogP contribution in [0.5, 0.6) is 5.75 Å². The predicted octanol–water partition coefficient (Wildman–Crippen LogP) is 7.09. The second-order valence-electron chi connectivity index (χ2n) is 10.4. The third-order valence-corrected chi connectivity index (χ3v) is 6.53. The molecule has 0 saturated carbocycles. The first kappa shape index (κ1) is 34.2. The van der Waals surface area contributed by atoms with Crippen LogP contribution in [0.4, 0.5) is 39.5 Å². The molecule has 3 rings (SSSR count). The minimum atomic E-state index is -4.99. The van der Waals surface area contributed by atoms with E-state index in [-0.39, 0.29) is 35.7 Å². The van der Waals surface area contributed by atoms with Crippen molar-refractivity contribution >= 4 is 0 Å². The summed E-state index contributed by atoms with van der Waals surface area (Å²) in [5, 5.41) is 16.1. The molecule has 0 aromatic heterocycles. The molecule has 13 heteroatoms. The summed E-state index contributed by atoms with van der Waals surface area (Å²) < 4.78 is 127. The molecule has 0 fully saturated rings. The SMILES string of the molecule is CC(C)NCc1cc([C@@](Cc2ccccc2)(NC[C@H](O)CC(F)(F)F)c2cc(F)cc(OC(F)(F)C(F)F)c2)ccc1F. The van der Waals surface area contributed by atoms with E-state index in [9.17, 15) is 44.6 Å². The van der Waals surface area contributed by atoms with E-state index in [4.69, 9.17) is 0 Å². The average molecular weight is 623 g/mol. The Morgan fingerprint density at radius 1 is 0.860 bits per heavy atom. The summed E-state index contributed by atoms with van der Waals surface area (Å²) in [4.78, 5) is 0. The van der Waals surface area contributed by atoms with Gasteiger partial charge in [0, 0.05) is 30.8 Å². The molecular weight excluding hydrogens is 591 g/mol. The van der Waals surface area contributed by atoms with Gasteiger partial charge in [0.15, 0.2) is 0 Å². The lowest BCUT2D eigenvalue weighted by Crippen LogP contribution is -2.49. The Bertz CT molecular complexity index is 1340. The van der Waals surface area contributed by atoms with Crippen molar-refractivity contribution in [1.82, 2.24) is 10.6 Å². The molecule has 3 aromatic carbocycles. The Hall–Kier alpha value is -3.29. The molecule has 0 aliphatic carbocycles. The fourth-order valence-electron chi connectivity index (χ4n) is 4.53. The van der Waals surface area contributed by atoms with E-state index in [1.807, 2.05) is 13.8 Å². The summed E-state index contributed by atoms with van der Waals surface area (Å²) in [5.74, 6) is -2.81. The second kappa shape index (κ2) is 14.0. The Morgan fingerprint density at radius 3 is 2.14 bits per heavy atom. The summed E-state index contributed by atoms with van der Waals surface area (Å²) in [6.07, 6.45) is -17.8. The highest BCUT2D eigenvalue weighted by molar-refractivity contribution is 5.46. The van der Waals surface area contributed by atoms with E-state index in [0.717, 1.165) is 18.2 Å². The summed E-state index contributed by atoms with van der Waals surface area (Å²) in [6, 6.07) is 14.1. The highest BCUT2D eigenvalue weighted by atomic mass is 19.4. The number of halogens is 9. The van der Waals surface area contributed by atoms with E-state index in [1.165, 1.54) is 12.1 Å². The predicted molar refractivity (Wildman–Crippen MR) is 142 cm³/mol. The first-order chi connectivity index (χ1) is 20.0. The molecule has 0 aliphatic rings. The van der Waals surface area contributed by atoms with Crippen LogP contribution in [0.15, 0.2) is 66.7 Å². The molecule has 3 aromatic rings. The fraction of sp³-hybridized carbons (Fsp3) is 0.400. The van der Waals surface area contributed by atoms with E-state index in [0.29, 0.717) is 11.6 Å². The largest absolute Gasteiger partial charge is 0.461 e. The molecule has 236 valence electrons. The maximum atomic E-state index is 15.0. The van der Waals surface area contributed by atoms with Crippen molar-refractivity contribution in [3.05, 3.63) is 101 Å². The molecule has 43 heavy (non-hydrogen) atoms. The molecule has 0 aliphatic heterocycles. The fourth-order valence-corrected chi connectivity index (χ4v) is 4.53. The van der Waals surface area contributed by atoms with E-state index < -0.39 is 60.7 Å². The molecule has 0 saturated heterocycles. The summed E-state index contributed by atoms with van der Waals surface area (Å²) in [6.45, 7) is 2.92. The van der Waals surface area contributed by atoms with Crippen LogP contribution in [0.25, 0.3) is 0 Å². The number of rotatable bonds is 14. The van der Waals surface area contributed by atoms with Gasteiger partial charge in [-0.15, -0.1) is 0 Å². The molecule has 4 nitrogen and oxygen atoms in total. The molecule has 0 heterocycles. The number of ether oxygens (including phenoxy) is 1. The molecular formula is C30H31F9N2O2. The van der Waals surface area contributed by atoms with Crippen LogP contribution in [0.2, 0.25) is 0 Å². The number of alkyl halides is 7. The summed E-state index contributed by atoms with van der Waals surface area (Å²) in [7, 11) is 0. The number of nitrogens with one attached hydrogen (secondary N) is 2. The monoisotopic (exact) mass is 622 g/mol. The van der Waals surface area contributed by atoms with Crippen LogP contribution in [0, 0.1) is 11.6 Å². The maximum Gasteiger partial charge on any atom is 0.461 e. The molecule has 0 unspecified atom stereocenters. The van der Waals surface area contributed by atoms with Gasteiger partial charge < -0.3 is 20.5 Å². The molecule has 2 atom stereocenters. The van der Waals surface area contributed by atoms with Crippen LogP contribution in [0.1, 0.15) is 42.5 Å². The van der Waals surface area contributed by atoms with Crippen molar-refractivity contribution in [2.45, 2.75) is 69.6 Å². The average Bonchev–Trinajstić information content (AvgIpc) is 2.89. The number of benzene rings is 3. The lowest BCUT2D eigenvalue weighted by atomic mass is 9.77. The van der Waals surface area contributed by atoms with Gasteiger partial charge >= 0.3 is 18.7 Å². The van der Waals surface area contributed by atoms with E-state index in [1.54, 1.807) is 30.3 Å². The lowest BCUT2D eigenvalue weighted by Gasteiger charge is -2.38. The van der Waals surface area contributed by atoms with Crippen molar-refractivity contribution in [2.24, 2.45) is 0 Å². The normalized spacial score (nSPS) is 14.7. The van der Waals surface area contributed by atoms with Crippen LogP contribution in [-0.4, -0.2) is 42.5 Å². The first-order valence-electron chi connectivity index (χ1n) is 13.2. The minimum absolute atomic E-state index is 0.0214. The third kappa shape index (κ3) is 9.60. The highest BCUT2D eigenvalue weighted by Crippen LogP contribution is 2.38. The van der Waals surface area contributed by atoms with Gasteiger partial charge in [0.05, 0.1) is 18.1 Å². The quantitative estimate of drug-likeness (QED) is 0.168. The standard InChI is InChI=1S/C30H31F9N2O2/c1-18(2)40-16-20-10-21(8-9-26(20)32)28(14-19-6-4-3-5-7-19,41-17-24(42)15-29(35,36)37)22-11-23(31)13-25(12-22)43-30(38,39)27(33)34/h3-13,18,24,27,40-42H,14-17H2,1-2H3/t24-,28-/m1/s1. The van der Waals surface area contributed by atoms with Gasteiger partial charge in [-0.2, -0.15) is 30.7 Å². The van der Waals surface area contributed by atoms with Gasteiger partial charge in [-0.1, -0.05) is 50.2 Å². The van der Waals surface area contributed by atoms with Gasteiger partial charge in [-0.05, 0) is 47.4 Å². The maximum absolute atomic E-state index is 15.0. The molecule has 0 spiro atoms. The molecule has 3 N–H and O–H groups in total. The Morgan fingerprint density at radius 2 is 1.53 bits per heavy atom. The van der Waals surface area contributed by atoms with Gasteiger partial charge in [-0.25, -0.2) is 8.78 Å². The number of aliphatic hydroxyl groups excluding tert-OH is 1. The van der Waals surface area contributed by atoms with Crippen molar-refractivity contribution in [1.29, 1.82) is 0 Å². The van der Waals surface area contributed by atoms with E-state index in [2.05, 4.69) is 15.4 Å². The van der Waals surface area contributed by atoms with Crippen molar-refractivity contribution < 1.29 is 49.4 Å². The van der Waals surface area contributed by atoms with Crippen LogP contribution < -0.4 is 15.4 Å². The highest BCUT2D eigenvalue weighted by Gasteiger charge is 2.45. The zero-order chi connectivity index (χ0) is 32.0. The second-order valence-corrected chi connectivity index (χ2v) is 10.4. The van der Waals surface area contributed by atoms with Crippen LogP contribution in [-0.2, 0) is 18.5 Å². The topological polar surface area (TPSA) is 53.5 Å². The van der Waals surface area contributed by atoms with Crippen molar-refractivity contribution in [3.8, 4) is 5.75 Å². The van der Waals surface area contributed by atoms with Gasteiger partial charge in [0.25, 0.3) is 0 Å². The van der Waals surface area contributed by atoms with Gasteiger partial charge in [-0.3, -0.25) is 0 Å². The minimum Gasteiger partial charge on any atom is -0.428 e.